The summed E-state index contributed by atoms with van der Waals surface area (Å²) in [6, 6.07) is 9.50. The maximum absolute atomic E-state index is 11.9. The number of nitrogens with zero attached hydrogens (tertiary/aromatic N) is 2. The number of carbonyl (C=O) groups is 2. The molecule has 0 aromatic heterocycles. The van der Waals surface area contributed by atoms with Crippen molar-refractivity contribution in [2.24, 2.45) is 0 Å². The summed E-state index contributed by atoms with van der Waals surface area (Å²) in [7, 11) is 0. The zero-order valence-electron chi connectivity index (χ0n) is 11.6. The summed E-state index contributed by atoms with van der Waals surface area (Å²) in [6.45, 7) is 4.85. The van der Waals surface area contributed by atoms with Crippen LogP contribution in [0.3, 0.4) is 0 Å². The molecule has 0 unspecified atom stereocenters. The summed E-state index contributed by atoms with van der Waals surface area (Å²) >= 11 is 0. The molecule has 1 saturated heterocycles. The molecule has 0 radical (unpaired) electrons. The maximum Gasteiger partial charge on any atom is 0.238 e. The van der Waals surface area contributed by atoms with Crippen molar-refractivity contribution < 1.29 is 9.59 Å². The highest BCUT2D eigenvalue weighted by Gasteiger charge is 2.18. The molecule has 1 aromatic rings. The van der Waals surface area contributed by atoms with Gasteiger partial charge in [0.05, 0.1) is 6.54 Å². The second kappa shape index (κ2) is 7.77. The van der Waals surface area contributed by atoms with Crippen molar-refractivity contribution >= 4 is 17.9 Å². The van der Waals surface area contributed by atoms with E-state index in [0.29, 0.717) is 13.0 Å². The van der Waals surface area contributed by atoms with Gasteiger partial charge in [0, 0.05) is 44.8 Å². The minimum absolute atomic E-state index is 0.0255. The third kappa shape index (κ3) is 4.75. The van der Waals surface area contributed by atoms with Crippen molar-refractivity contribution in [3.05, 3.63) is 30.3 Å². The minimum Gasteiger partial charge on any atom is -0.325 e. The van der Waals surface area contributed by atoms with Crippen LogP contribution < -0.4 is 5.32 Å². The number of amides is 1. The Morgan fingerprint density at radius 1 is 1.10 bits per heavy atom. The number of benzene rings is 1. The molecule has 5 heteroatoms. The van der Waals surface area contributed by atoms with E-state index < -0.39 is 0 Å². The van der Waals surface area contributed by atoms with E-state index in [0.717, 1.165) is 44.7 Å². The Morgan fingerprint density at radius 2 is 1.75 bits per heavy atom. The molecule has 5 nitrogen and oxygen atoms in total. The van der Waals surface area contributed by atoms with Gasteiger partial charge in [0.15, 0.2) is 0 Å². The average Bonchev–Trinajstić information content (AvgIpc) is 2.47. The second-order valence-electron chi connectivity index (χ2n) is 4.99. The number of carbonyl (C=O) groups excluding carboxylic acids is 2. The van der Waals surface area contributed by atoms with Crippen LogP contribution in [0.15, 0.2) is 30.3 Å². The van der Waals surface area contributed by atoms with Gasteiger partial charge < -0.3 is 15.0 Å². The molecular formula is C15H21N3O2. The van der Waals surface area contributed by atoms with E-state index in [1.54, 1.807) is 0 Å². The van der Waals surface area contributed by atoms with Crippen molar-refractivity contribution in [3.63, 3.8) is 0 Å². The first-order valence-corrected chi connectivity index (χ1v) is 7.01. The highest BCUT2D eigenvalue weighted by Crippen LogP contribution is 2.06. The van der Waals surface area contributed by atoms with Gasteiger partial charge in [-0.2, -0.15) is 0 Å². The highest BCUT2D eigenvalue weighted by atomic mass is 16.2. The minimum atomic E-state index is 0.0255. The van der Waals surface area contributed by atoms with Crippen LogP contribution in [0.1, 0.15) is 6.42 Å². The number of para-hydroxylation sites is 1. The molecule has 1 aliphatic rings. The molecule has 0 aliphatic carbocycles. The lowest BCUT2D eigenvalue weighted by Crippen LogP contribution is -2.48. The van der Waals surface area contributed by atoms with Crippen molar-refractivity contribution in [2.45, 2.75) is 6.42 Å². The Hall–Kier alpha value is -1.72. The topological polar surface area (TPSA) is 52.7 Å². The van der Waals surface area contributed by atoms with Crippen LogP contribution in [0.25, 0.3) is 0 Å². The number of piperazine rings is 1. The zero-order valence-corrected chi connectivity index (χ0v) is 11.6. The molecule has 1 aliphatic heterocycles. The van der Waals surface area contributed by atoms with Crippen molar-refractivity contribution in [1.29, 1.82) is 0 Å². The van der Waals surface area contributed by atoms with Gasteiger partial charge >= 0.3 is 0 Å². The van der Waals surface area contributed by atoms with Gasteiger partial charge in [-0.25, -0.2) is 0 Å². The van der Waals surface area contributed by atoms with Crippen molar-refractivity contribution in [1.82, 2.24) is 9.80 Å². The molecule has 0 spiro atoms. The number of anilines is 1. The van der Waals surface area contributed by atoms with E-state index in [9.17, 15) is 9.59 Å². The highest BCUT2D eigenvalue weighted by molar-refractivity contribution is 5.92. The number of rotatable bonds is 6. The molecule has 1 aromatic carbocycles. The van der Waals surface area contributed by atoms with Gasteiger partial charge in [0.2, 0.25) is 5.91 Å². The van der Waals surface area contributed by atoms with E-state index in [1.165, 1.54) is 0 Å². The fraction of sp³-hybridized carbons (Fsp3) is 0.467. The van der Waals surface area contributed by atoms with Crippen LogP contribution in [-0.2, 0) is 9.59 Å². The molecule has 1 amide bonds. The van der Waals surface area contributed by atoms with Crippen LogP contribution in [0.4, 0.5) is 5.69 Å². The van der Waals surface area contributed by atoms with E-state index in [4.69, 9.17) is 0 Å². The van der Waals surface area contributed by atoms with Gasteiger partial charge in [-0.15, -0.1) is 0 Å². The van der Waals surface area contributed by atoms with E-state index >= 15 is 0 Å². The molecule has 1 N–H and O–H groups in total. The van der Waals surface area contributed by atoms with E-state index in [-0.39, 0.29) is 5.91 Å². The molecule has 2 rings (SSSR count). The summed E-state index contributed by atoms with van der Waals surface area (Å²) in [4.78, 5) is 26.7. The predicted molar refractivity (Wildman–Crippen MR) is 78.6 cm³/mol. The Morgan fingerprint density at radius 3 is 2.40 bits per heavy atom. The molecule has 1 heterocycles. The van der Waals surface area contributed by atoms with E-state index in [2.05, 4.69) is 15.1 Å². The molecular weight excluding hydrogens is 254 g/mol. The van der Waals surface area contributed by atoms with Gasteiger partial charge in [-0.05, 0) is 12.1 Å². The van der Waals surface area contributed by atoms with Gasteiger partial charge in [-0.3, -0.25) is 9.69 Å². The molecule has 108 valence electrons. The molecule has 20 heavy (non-hydrogen) atoms. The van der Waals surface area contributed by atoms with Crippen molar-refractivity contribution in [3.8, 4) is 0 Å². The summed E-state index contributed by atoms with van der Waals surface area (Å²) in [5.41, 5.74) is 0.835. The summed E-state index contributed by atoms with van der Waals surface area (Å²) in [6.07, 6.45) is 1.55. The monoisotopic (exact) mass is 275 g/mol. The third-order valence-electron chi connectivity index (χ3n) is 3.45. The predicted octanol–water partition coefficient (Wildman–Crippen LogP) is 0.832. The Balaban J connectivity index is 1.70. The lowest BCUT2D eigenvalue weighted by atomic mass is 10.3. The lowest BCUT2D eigenvalue weighted by molar-refractivity contribution is -0.117. The molecule has 0 saturated carbocycles. The number of hydrogen-bond donors (Lipinski definition) is 1. The van der Waals surface area contributed by atoms with Gasteiger partial charge in [-0.1, -0.05) is 18.2 Å². The number of hydrogen-bond acceptors (Lipinski definition) is 4. The SMILES string of the molecule is O=CCCN1CCN(CC(=O)Nc2ccccc2)CC1. The fourth-order valence-electron chi connectivity index (χ4n) is 2.33. The molecule has 0 atom stereocenters. The van der Waals surface area contributed by atoms with Gasteiger partial charge in [0.25, 0.3) is 0 Å². The normalized spacial score (nSPS) is 16.8. The van der Waals surface area contributed by atoms with E-state index in [1.807, 2.05) is 30.3 Å². The quantitative estimate of drug-likeness (QED) is 0.781. The zero-order chi connectivity index (χ0) is 14.2. The van der Waals surface area contributed by atoms with Crippen LogP contribution in [0.5, 0.6) is 0 Å². The lowest BCUT2D eigenvalue weighted by Gasteiger charge is -2.33. The largest absolute Gasteiger partial charge is 0.325 e. The standard InChI is InChI=1S/C15H21N3O2/c19-12-4-7-17-8-10-18(11-9-17)13-15(20)16-14-5-2-1-3-6-14/h1-3,5-6,12H,4,7-11,13H2,(H,16,20). The first-order valence-electron chi connectivity index (χ1n) is 7.01. The molecule has 0 bridgehead atoms. The fourth-order valence-corrected chi connectivity index (χ4v) is 2.33. The Labute approximate surface area is 119 Å². The maximum atomic E-state index is 11.9. The van der Waals surface area contributed by atoms with Crippen LogP contribution in [0, 0.1) is 0 Å². The van der Waals surface area contributed by atoms with Crippen molar-refractivity contribution in [2.75, 3.05) is 44.6 Å². The van der Waals surface area contributed by atoms with Crippen LogP contribution >= 0.6 is 0 Å². The second-order valence-corrected chi connectivity index (χ2v) is 4.99. The number of aldehydes is 1. The summed E-state index contributed by atoms with van der Waals surface area (Å²) in [5.74, 6) is 0.0255. The number of nitrogens with one attached hydrogen (secondary N) is 1. The Kier molecular flexibility index (Phi) is 5.70. The third-order valence-corrected chi connectivity index (χ3v) is 3.45. The van der Waals surface area contributed by atoms with Crippen LogP contribution in [-0.4, -0.2) is 61.3 Å². The first kappa shape index (κ1) is 14.7. The first-order chi connectivity index (χ1) is 9.78. The summed E-state index contributed by atoms with van der Waals surface area (Å²) in [5, 5.41) is 2.89. The van der Waals surface area contributed by atoms with Gasteiger partial charge in [0.1, 0.15) is 6.29 Å². The average molecular weight is 275 g/mol. The van der Waals surface area contributed by atoms with Crippen LogP contribution in [0.2, 0.25) is 0 Å². The Bertz CT molecular complexity index is 428. The molecule has 1 fully saturated rings. The summed E-state index contributed by atoms with van der Waals surface area (Å²) < 4.78 is 0. The smallest absolute Gasteiger partial charge is 0.238 e.